The molecule has 0 aromatic heterocycles. The van der Waals surface area contributed by atoms with Gasteiger partial charge in [0.2, 0.25) is 0 Å². The number of hydrogen-bond acceptors (Lipinski definition) is 2. The van der Waals surface area contributed by atoms with E-state index in [9.17, 15) is 4.79 Å². The number of anilines is 1. The Balaban J connectivity index is 2.11. The molecule has 0 saturated heterocycles. The van der Waals surface area contributed by atoms with Crippen molar-refractivity contribution < 1.29 is 9.53 Å². The molecule has 0 aliphatic carbocycles. The highest BCUT2D eigenvalue weighted by Gasteiger charge is 2.19. The van der Waals surface area contributed by atoms with Crippen LogP contribution < -0.4 is 10.1 Å². The van der Waals surface area contributed by atoms with Crippen molar-refractivity contribution in [2.45, 2.75) is 33.3 Å². The van der Waals surface area contributed by atoms with Gasteiger partial charge in [-0.15, -0.1) is 0 Å². The van der Waals surface area contributed by atoms with Crippen LogP contribution in [0, 0.1) is 13.8 Å². The summed E-state index contributed by atoms with van der Waals surface area (Å²) in [5.74, 6) is 0.419. The summed E-state index contributed by atoms with van der Waals surface area (Å²) in [7, 11) is 0. The summed E-state index contributed by atoms with van der Waals surface area (Å²) in [6, 6.07) is 10.7. The molecule has 0 radical (unpaired) electrons. The zero-order chi connectivity index (χ0) is 17.0. The second-order valence-corrected chi connectivity index (χ2v) is 6.22. The number of ether oxygens (including phenoxy) is 1. The largest absolute Gasteiger partial charge is 0.481 e. The number of rotatable bonds is 5. The van der Waals surface area contributed by atoms with Crippen LogP contribution in [-0.2, 0) is 4.79 Å². The summed E-state index contributed by atoms with van der Waals surface area (Å²) < 4.78 is 5.82. The van der Waals surface area contributed by atoms with Gasteiger partial charge in [-0.1, -0.05) is 36.2 Å². The molecule has 5 heteroatoms. The monoisotopic (exact) mass is 351 g/mol. The molecule has 0 unspecified atom stereocenters. The van der Waals surface area contributed by atoms with Gasteiger partial charge < -0.3 is 10.1 Å². The van der Waals surface area contributed by atoms with Crippen LogP contribution in [0.25, 0.3) is 0 Å². The standard InChI is InChI=1S/C18H19Cl2NO2/c1-4-17(23-14-7-5-11(2)12(3)9-14)18(22)21-16-10-13(19)6-8-15(16)20/h5-10,17H,4H2,1-3H3,(H,21,22)/t17-/m0/s1. The fraction of sp³-hybridized carbons (Fsp3) is 0.278. The summed E-state index contributed by atoms with van der Waals surface area (Å²) >= 11 is 12.0. The number of carbonyl (C=O) groups excluding carboxylic acids is 1. The van der Waals surface area contributed by atoms with Crippen molar-refractivity contribution in [1.82, 2.24) is 0 Å². The van der Waals surface area contributed by atoms with Crippen molar-refractivity contribution in [3.05, 3.63) is 57.6 Å². The number of aryl methyl sites for hydroxylation is 2. The lowest BCUT2D eigenvalue weighted by Gasteiger charge is -2.18. The molecule has 0 bridgehead atoms. The molecule has 0 aliphatic heterocycles. The van der Waals surface area contributed by atoms with Crippen LogP contribution in [0.2, 0.25) is 10.0 Å². The number of carbonyl (C=O) groups is 1. The van der Waals surface area contributed by atoms with Crippen LogP contribution >= 0.6 is 23.2 Å². The van der Waals surface area contributed by atoms with Gasteiger partial charge in [-0.25, -0.2) is 0 Å². The van der Waals surface area contributed by atoms with Gasteiger partial charge in [0, 0.05) is 5.02 Å². The molecule has 1 N–H and O–H groups in total. The minimum Gasteiger partial charge on any atom is -0.481 e. The number of hydrogen-bond donors (Lipinski definition) is 1. The quantitative estimate of drug-likeness (QED) is 0.782. The van der Waals surface area contributed by atoms with Crippen molar-refractivity contribution in [1.29, 1.82) is 0 Å². The Bertz CT molecular complexity index is 716. The Hall–Kier alpha value is -1.71. The molecule has 2 rings (SSSR count). The smallest absolute Gasteiger partial charge is 0.265 e. The van der Waals surface area contributed by atoms with Crippen molar-refractivity contribution in [2.75, 3.05) is 5.32 Å². The SMILES string of the molecule is CC[C@H](Oc1ccc(C)c(C)c1)C(=O)Nc1cc(Cl)ccc1Cl. The molecule has 2 aromatic rings. The number of benzene rings is 2. The highest BCUT2D eigenvalue weighted by atomic mass is 35.5. The van der Waals surface area contributed by atoms with Gasteiger partial charge in [-0.2, -0.15) is 0 Å². The summed E-state index contributed by atoms with van der Waals surface area (Å²) in [4.78, 5) is 12.4. The van der Waals surface area contributed by atoms with E-state index in [4.69, 9.17) is 27.9 Å². The maximum absolute atomic E-state index is 12.4. The lowest BCUT2D eigenvalue weighted by atomic mass is 10.1. The third-order valence-corrected chi connectivity index (χ3v) is 4.17. The zero-order valence-electron chi connectivity index (χ0n) is 13.3. The summed E-state index contributed by atoms with van der Waals surface area (Å²) in [6.45, 7) is 5.93. The van der Waals surface area contributed by atoms with Gasteiger partial charge in [0.15, 0.2) is 6.10 Å². The third-order valence-electron chi connectivity index (χ3n) is 3.61. The molecule has 2 aromatic carbocycles. The predicted molar refractivity (Wildman–Crippen MR) is 95.7 cm³/mol. The molecule has 122 valence electrons. The molecule has 3 nitrogen and oxygen atoms in total. The van der Waals surface area contributed by atoms with Gasteiger partial charge in [-0.3, -0.25) is 4.79 Å². The Kier molecular flexibility index (Phi) is 5.91. The fourth-order valence-electron chi connectivity index (χ4n) is 2.08. The molecule has 0 fully saturated rings. The fourth-order valence-corrected chi connectivity index (χ4v) is 2.42. The molecule has 0 aliphatic rings. The van der Waals surface area contributed by atoms with E-state index in [0.717, 1.165) is 5.56 Å². The molecular formula is C18H19Cl2NO2. The Morgan fingerprint density at radius 1 is 1.13 bits per heavy atom. The van der Waals surface area contributed by atoms with Crippen LogP contribution in [0.5, 0.6) is 5.75 Å². The van der Waals surface area contributed by atoms with Crippen molar-refractivity contribution >= 4 is 34.8 Å². The van der Waals surface area contributed by atoms with Gasteiger partial charge in [0.25, 0.3) is 5.91 Å². The van der Waals surface area contributed by atoms with Crippen LogP contribution in [0.3, 0.4) is 0 Å². The van der Waals surface area contributed by atoms with Crippen molar-refractivity contribution in [3.63, 3.8) is 0 Å². The van der Waals surface area contributed by atoms with E-state index in [1.807, 2.05) is 39.0 Å². The number of nitrogens with one attached hydrogen (secondary N) is 1. The Labute approximate surface area is 146 Å². The topological polar surface area (TPSA) is 38.3 Å². The first-order valence-electron chi connectivity index (χ1n) is 7.40. The molecular weight excluding hydrogens is 333 g/mol. The normalized spacial score (nSPS) is 11.9. The van der Waals surface area contributed by atoms with E-state index in [-0.39, 0.29) is 5.91 Å². The van der Waals surface area contributed by atoms with E-state index in [1.165, 1.54) is 5.56 Å². The summed E-state index contributed by atoms with van der Waals surface area (Å²) in [5.41, 5.74) is 2.78. The molecule has 23 heavy (non-hydrogen) atoms. The average molecular weight is 352 g/mol. The van der Waals surface area contributed by atoms with Crippen molar-refractivity contribution in [3.8, 4) is 5.75 Å². The average Bonchev–Trinajstić information content (AvgIpc) is 2.51. The first kappa shape index (κ1) is 17.6. The van der Waals surface area contributed by atoms with Crippen LogP contribution in [-0.4, -0.2) is 12.0 Å². The second kappa shape index (κ2) is 7.71. The minimum absolute atomic E-state index is 0.255. The molecule has 0 heterocycles. The molecule has 1 amide bonds. The van der Waals surface area contributed by atoms with E-state index < -0.39 is 6.10 Å². The zero-order valence-corrected chi connectivity index (χ0v) is 14.8. The van der Waals surface area contributed by atoms with Gasteiger partial charge >= 0.3 is 0 Å². The predicted octanol–water partition coefficient (Wildman–Crippen LogP) is 5.41. The van der Waals surface area contributed by atoms with E-state index >= 15 is 0 Å². The lowest BCUT2D eigenvalue weighted by Crippen LogP contribution is -2.32. The Morgan fingerprint density at radius 3 is 2.52 bits per heavy atom. The summed E-state index contributed by atoms with van der Waals surface area (Å²) in [6.07, 6.45) is -0.0659. The van der Waals surface area contributed by atoms with E-state index in [1.54, 1.807) is 18.2 Å². The number of halogens is 2. The highest BCUT2D eigenvalue weighted by Crippen LogP contribution is 2.26. The van der Waals surface area contributed by atoms with Crippen LogP contribution in [0.4, 0.5) is 5.69 Å². The first-order valence-corrected chi connectivity index (χ1v) is 8.16. The Morgan fingerprint density at radius 2 is 1.87 bits per heavy atom. The maximum Gasteiger partial charge on any atom is 0.265 e. The second-order valence-electron chi connectivity index (χ2n) is 5.37. The third kappa shape index (κ3) is 4.63. The van der Waals surface area contributed by atoms with E-state index in [2.05, 4.69) is 5.32 Å². The van der Waals surface area contributed by atoms with Crippen LogP contribution in [0.15, 0.2) is 36.4 Å². The summed E-state index contributed by atoms with van der Waals surface area (Å²) in [5, 5.41) is 3.71. The lowest BCUT2D eigenvalue weighted by molar-refractivity contribution is -0.122. The molecule has 0 saturated carbocycles. The molecule has 1 atom stereocenters. The molecule has 0 spiro atoms. The van der Waals surface area contributed by atoms with Gasteiger partial charge in [0.05, 0.1) is 10.7 Å². The number of amides is 1. The minimum atomic E-state index is -0.604. The van der Waals surface area contributed by atoms with Crippen LogP contribution in [0.1, 0.15) is 24.5 Å². The van der Waals surface area contributed by atoms with Crippen molar-refractivity contribution in [2.24, 2.45) is 0 Å². The maximum atomic E-state index is 12.4. The van der Waals surface area contributed by atoms with E-state index in [0.29, 0.717) is 27.9 Å². The van der Waals surface area contributed by atoms with Gasteiger partial charge in [-0.05, 0) is 61.7 Å². The van der Waals surface area contributed by atoms with Gasteiger partial charge in [0.1, 0.15) is 5.75 Å². The first-order chi connectivity index (χ1) is 10.9. The highest BCUT2D eigenvalue weighted by molar-refractivity contribution is 6.35.